The Bertz CT molecular complexity index is 809. The van der Waals surface area contributed by atoms with E-state index in [0.29, 0.717) is 12.1 Å². The van der Waals surface area contributed by atoms with Crippen LogP contribution in [0.4, 0.5) is 17.6 Å². The van der Waals surface area contributed by atoms with Crippen molar-refractivity contribution < 1.29 is 22.7 Å². The average molecular weight is 387 g/mol. The molecular weight excluding hydrogens is 366 g/mol. The molecule has 6 nitrogen and oxygen atoms in total. The number of aliphatic hydroxyl groups is 1. The van der Waals surface area contributed by atoms with E-state index < -0.39 is 41.0 Å². The number of halogens is 4. The fourth-order valence-electron chi connectivity index (χ4n) is 2.32. The van der Waals surface area contributed by atoms with Crippen LogP contribution in [0.1, 0.15) is 25.0 Å². The minimum atomic E-state index is -1.49. The Kier molecular flexibility index (Phi) is 6.42. The molecule has 1 unspecified atom stereocenters. The summed E-state index contributed by atoms with van der Waals surface area (Å²) in [4.78, 5) is 3.94. The standard InChI is InChI=1S/C17H21F4N5O/c1-4-22-16(24-9-17(2,27)10-6-25-26(3)8-10)23-7-11-14(20)12(18)5-13(19)15(11)21/h5-6,8,27H,4,7,9H2,1-3H3,(H2,22,23,24). The molecule has 27 heavy (non-hydrogen) atoms. The molecule has 0 aliphatic carbocycles. The summed E-state index contributed by atoms with van der Waals surface area (Å²) in [5.41, 5.74) is -1.56. The first-order chi connectivity index (χ1) is 12.7. The predicted molar refractivity (Wildman–Crippen MR) is 91.9 cm³/mol. The highest BCUT2D eigenvalue weighted by molar-refractivity contribution is 5.79. The zero-order valence-electron chi connectivity index (χ0n) is 15.2. The minimum Gasteiger partial charge on any atom is -0.383 e. The Labute approximate surface area is 153 Å². The highest BCUT2D eigenvalue weighted by atomic mass is 19.2. The van der Waals surface area contributed by atoms with Crippen molar-refractivity contribution in [3.05, 3.63) is 52.9 Å². The summed E-state index contributed by atoms with van der Waals surface area (Å²) in [5, 5.41) is 20.2. The lowest BCUT2D eigenvalue weighted by Crippen LogP contribution is -2.44. The van der Waals surface area contributed by atoms with E-state index in [1.807, 2.05) is 0 Å². The second-order valence-electron chi connectivity index (χ2n) is 6.17. The van der Waals surface area contributed by atoms with E-state index in [-0.39, 0.29) is 18.6 Å². The van der Waals surface area contributed by atoms with Crippen LogP contribution in [0.15, 0.2) is 23.5 Å². The van der Waals surface area contributed by atoms with E-state index in [9.17, 15) is 22.7 Å². The van der Waals surface area contributed by atoms with Gasteiger partial charge >= 0.3 is 0 Å². The van der Waals surface area contributed by atoms with Gasteiger partial charge in [-0.05, 0) is 13.8 Å². The maximum absolute atomic E-state index is 13.7. The molecule has 1 atom stereocenters. The van der Waals surface area contributed by atoms with E-state index in [2.05, 4.69) is 20.7 Å². The molecule has 0 aliphatic rings. The average Bonchev–Trinajstić information content (AvgIpc) is 3.05. The number of aliphatic imine (C=N–C) groups is 1. The molecule has 0 bridgehead atoms. The largest absolute Gasteiger partial charge is 0.383 e. The fraction of sp³-hybridized carbons (Fsp3) is 0.412. The van der Waals surface area contributed by atoms with Crippen LogP contribution in [-0.2, 0) is 19.2 Å². The Balaban J connectivity index is 2.16. The summed E-state index contributed by atoms with van der Waals surface area (Å²) in [6, 6.07) is 0.145. The molecule has 10 heteroatoms. The van der Waals surface area contributed by atoms with Crippen molar-refractivity contribution in [1.82, 2.24) is 20.4 Å². The van der Waals surface area contributed by atoms with Gasteiger partial charge in [0.2, 0.25) is 0 Å². The summed E-state index contributed by atoms with van der Waals surface area (Å²) >= 11 is 0. The van der Waals surface area contributed by atoms with Crippen molar-refractivity contribution >= 4 is 5.96 Å². The molecule has 1 aromatic carbocycles. The van der Waals surface area contributed by atoms with Crippen LogP contribution in [0.2, 0.25) is 0 Å². The molecule has 0 radical (unpaired) electrons. The lowest BCUT2D eigenvalue weighted by molar-refractivity contribution is 0.0616. The summed E-state index contributed by atoms with van der Waals surface area (Å²) < 4.78 is 55.6. The van der Waals surface area contributed by atoms with Crippen molar-refractivity contribution in [2.45, 2.75) is 26.0 Å². The number of rotatable bonds is 6. The van der Waals surface area contributed by atoms with Gasteiger partial charge in [0.1, 0.15) is 5.60 Å². The van der Waals surface area contributed by atoms with Crippen molar-refractivity contribution in [1.29, 1.82) is 0 Å². The molecular formula is C17H21F4N5O. The molecule has 3 N–H and O–H groups in total. The molecule has 0 amide bonds. The SMILES string of the molecule is CCNC(=NCc1c(F)c(F)cc(F)c1F)NCC(C)(O)c1cnn(C)c1. The number of nitrogens with zero attached hydrogens (tertiary/aromatic N) is 3. The highest BCUT2D eigenvalue weighted by Gasteiger charge is 2.25. The number of benzene rings is 1. The van der Waals surface area contributed by atoms with Crippen molar-refractivity contribution in [3.63, 3.8) is 0 Å². The molecule has 0 saturated heterocycles. The zero-order chi connectivity index (χ0) is 20.2. The Morgan fingerprint density at radius 1 is 1.22 bits per heavy atom. The smallest absolute Gasteiger partial charge is 0.191 e. The fourth-order valence-corrected chi connectivity index (χ4v) is 2.32. The summed E-state index contributed by atoms with van der Waals surface area (Å²) in [7, 11) is 1.71. The third kappa shape index (κ3) is 4.97. The molecule has 0 spiro atoms. The summed E-state index contributed by atoms with van der Waals surface area (Å²) in [6.45, 7) is 3.12. The maximum atomic E-state index is 13.7. The van der Waals surface area contributed by atoms with E-state index >= 15 is 0 Å². The number of nitrogens with one attached hydrogen (secondary N) is 2. The van der Waals surface area contributed by atoms with E-state index in [4.69, 9.17) is 0 Å². The van der Waals surface area contributed by atoms with Gasteiger partial charge in [-0.25, -0.2) is 22.6 Å². The topological polar surface area (TPSA) is 74.5 Å². The predicted octanol–water partition coefficient (Wildman–Crippen LogP) is 1.94. The number of hydrogen-bond acceptors (Lipinski definition) is 3. The molecule has 0 aliphatic heterocycles. The van der Waals surface area contributed by atoms with Gasteiger partial charge in [0, 0.05) is 31.4 Å². The second kappa shape index (κ2) is 8.38. The van der Waals surface area contributed by atoms with Gasteiger partial charge in [-0.3, -0.25) is 4.68 Å². The van der Waals surface area contributed by atoms with Crippen molar-refractivity contribution in [3.8, 4) is 0 Å². The number of guanidine groups is 1. The van der Waals surface area contributed by atoms with E-state index in [1.165, 1.54) is 10.9 Å². The summed E-state index contributed by atoms with van der Waals surface area (Å²) in [6.07, 6.45) is 3.15. The molecule has 2 rings (SSSR count). The van der Waals surface area contributed by atoms with E-state index in [1.54, 1.807) is 27.1 Å². The Hall–Kier alpha value is -2.62. The maximum Gasteiger partial charge on any atom is 0.191 e. The lowest BCUT2D eigenvalue weighted by atomic mass is 10.00. The second-order valence-corrected chi connectivity index (χ2v) is 6.17. The van der Waals surface area contributed by atoms with E-state index in [0.717, 1.165) is 0 Å². The first-order valence-corrected chi connectivity index (χ1v) is 8.21. The highest BCUT2D eigenvalue weighted by Crippen LogP contribution is 2.20. The quantitative estimate of drug-likeness (QED) is 0.307. The first kappa shape index (κ1) is 20.7. The van der Waals surface area contributed by atoms with Gasteiger partial charge in [0.05, 0.1) is 24.8 Å². The van der Waals surface area contributed by atoms with Gasteiger partial charge < -0.3 is 15.7 Å². The van der Waals surface area contributed by atoms with Gasteiger partial charge in [0.25, 0.3) is 0 Å². The summed E-state index contributed by atoms with van der Waals surface area (Å²) in [5.74, 6) is -5.84. The van der Waals surface area contributed by atoms with Gasteiger partial charge in [-0.2, -0.15) is 5.10 Å². The van der Waals surface area contributed by atoms with Crippen LogP contribution in [0.25, 0.3) is 0 Å². The number of hydrogen-bond donors (Lipinski definition) is 3. The van der Waals surface area contributed by atoms with Crippen molar-refractivity contribution in [2.75, 3.05) is 13.1 Å². The van der Waals surface area contributed by atoms with Gasteiger partial charge in [-0.15, -0.1) is 0 Å². The van der Waals surface area contributed by atoms with Crippen LogP contribution in [0, 0.1) is 23.3 Å². The third-order valence-electron chi connectivity index (χ3n) is 3.87. The van der Waals surface area contributed by atoms with Crippen molar-refractivity contribution in [2.24, 2.45) is 12.0 Å². The zero-order valence-corrected chi connectivity index (χ0v) is 15.2. The van der Waals surface area contributed by atoms with Crippen LogP contribution in [0.5, 0.6) is 0 Å². The number of aromatic nitrogens is 2. The first-order valence-electron chi connectivity index (χ1n) is 8.21. The van der Waals surface area contributed by atoms with Crippen LogP contribution < -0.4 is 10.6 Å². The monoisotopic (exact) mass is 387 g/mol. The minimum absolute atomic E-state index is 0.00695. The van der Waals surface area contributed by atoms with Crippen LogP contribution in [-0.4, -0.2) is 33.9 Å². The number of aryl methyl sites for hydroxylation is 1. The van der Waals surface area contributed by atoms with Crippen LogP contribution in [0.3, 0.4) is 0 Å². The van der Waals surface area contributed by atoms with Crippen LogP contribution >= 0.6 is 0 Å². The third-order valence-corrected chi connectivity index (χ3v) is 3.87. The molecule has 148 valence electrons. The molecule has 0 fully saturated rings. The molecule has 1 heterocycles. The normalized spacial score (nSPS) is 14.1. The van der Waals surface area contributed by atoms with Gasteiger partial charge in [-0.1, -0.05) is 0 Å². The molecule has 1 aromatic heterocycles. The molecule has 2 aromatic rings. The lowest BCUT2D eigenvalue weighted by Gasteiger charge is -2.23. The molecule has 0 saturated carbocycles. The Morgan fingerprint density at radius 2 is 1.85 bits per heavy atom. The van der Waals surface area contributed by atoms with Gasteiger partial charge in [0.15, 0.2) is 29.2 Å². The Morgan fingerprint density at radius 3 is 2.37 bits per heavy atom.